The van der Waals surface area contributed by atoms with Gasteiger partial charge in [0.1, 0.15) is 5.92 Å². The molecule has 1 unspecified atom stereocenters. The van der Waals surface area contributed by atoms with Crippen LogP contribution in [0, 0.1) is 11.3 Å². The van der Waals surface area contributed by atoms with Crippen LogP contribution < -0.4 is 0 Å². The number of likely N-dealkylation sites (tertiary alicyclic amines) is 1. The Labute approximate surface area is 114 Å². The predicted molar refractivity (Wildman–Crippen MR) is 70.1 cm³/mol. The summed E-state index contributed by atoms with van der Waals surface area (Å²) in [5.74, 6) is -1.90. The molecule has 1 aliphatic rings. The van der Waals surface area contributed by atoms with Crippen LogP contribution in [0.4, 0.5) is 0 Å². The van der Waals surface area contributed by atoms with Crippen LogP contribution in [0.1, 0.15) is 47.0 Å². The lowest BCUT2D eigenvalue weighted by atomic mass is 9.90. The first kappa shape index (κ1) is 15.7. The van der Waals surface area contributed by atoms with Crippen molar-refractivity contribution in [1.29, 1.82) is 0 Å². The van der Waals surface area contributed by atoms with Crippen LogP contribution in [0.2, 0.25) is 0 Å². The van der Waals surface area contributed by atoms with E-state index in [1.54, 1.807) is 6.92 Å². The molecular weight excluding hydrogens is 246 g/mol. The maximum absolute atomic E-state index is 12.0. The zero-order chi connectivity index (χ0) is 14.6. The number of ether oxygens (including phenoxy) is 1. The molecule has 19 heavy (non-hydrogen) atoms. The highest BCUT2D eigenvalue weighted by Gasteiger charge is 2.40. The molecule has 108 valence electrons. The van der Waals surface area contributed by atoms with Crippen LogP contribution in [-0.2, 0) is 19.1 Å². The Morgan fingerprint density at radius 3 is 2.53 bits per heavy atom. The number of carbonyl (C=O) groups excluding carboxylic acids is 3. The van der Waals surface area contributed by atoms with Gasteiger partial charge in [0, 0.05) is 13.0 Å². The molecule has 0 N–H and O–H groups in total. The van der Waals surface area contributed by atoms with E-state index >= 15 is 0 Å². The van der Waals surface area contributed by atoms with E-state index in [2.05, 4.69) is 0 Å². The van der Waals surface area contributed by atoms with E-state index in [-0.39, 0.29) is 17.9 Å². The van der Waals surface area contributed by atoms with E-state index < -0.39 is 17.8 Å². The second-order valence-electron chi connectivity index (χ2n) is 6.04. The van der Waals surface area contributed by atoms with E-state index in [0.717, 1.165) is 6.42 Å². The van der Waals surface area contributed by atoms with Crippen LogP contribution >= 0.6 is 0 Å². The Morgan fingerprint density at radius 1 is 1.37 bits per heavy atom. The first-order valence-corrected chi connectivity index (χ1v) is 6.77. The number of amides is 2. The van der Waals surface area contributed by atoms with E-state index in [4.69, 9.17) is 4.74 Å². The lowest BCUT2D eigenvalue weighted by Crippen LogP contribution is -2.36. The molecule has 1 atom stereocenters. The van der Waals surface area contributed by atoms with Crippen molar-refractivity contribution in [3.8, 4) is 0 Å². The Balaban J connectivity index is 2.55. The third-order valence-corrected chi connectivity index (χ3v) is 3.17. The number of rotatable bonds is 4. The maximum atomic E-state index is 12.0. The van der Waals surface area contributed by atoms with Crippen molar-refractivity contribution in [3.63, 3.8) is 0 Å². The van der Waals surface area contributed by atoms with Gasteiger partial charge in [-0.15, -0.1) is 0 Å². The van der Waals surface area contributed by atoms with Gasteiger partial charge in [-0.25, -0.2) is 0 Å². The highest BCUT2D eigenvalue weighted by Crippen LogP contribution is 2.24. The quantitative estimate of drug-likeness (QED) is 0.576. The van der Waals surface area contributed by atoms with Gasteiger partial charge in [0.2, 0.25) is 11.8 Å². The number of hydrogen-bond acceptors (Lipinski definition) is 4. The number of hydrogen-bond donors (Lipinski definition) is 0. The Morgan fingerprint density at radius 2 is 2.00 bits per heavy atom. The fourth-order valence-electron chi connectivity index (χ4n) is 2.01. The largest absolute Gasteiger partial charge is 0.465 e. The van der Waals surface area contributed by atoms with Crippen molar-refractivity contribution in [3.05, 3.63) is 0 Å². The van der Waals surface area contributed by atoms with Crippen molar-refractivity contribution in [2.24, 2.45) is 11.3 Å². The van der Waals surface area contributed by atoms with Gasteiger partial charge in [-0.05, 0) is 25.2 Å². The molecule has 0 aromatic heterocycles. The molecule has 1 saturated heterocycles. The Bertz CT molecular complexity index is 370. The van der Waals surface area contributed by atoms with E-state index in [9.17, 15) is 14.4 Å². The molecule has 0 saturated carbocycles. The molecule has 1 fully saturated rings. The average Bonchev–Trinajstić information content (AvgIpc) is 2.67. The molecule has 1 heterocycles. The predicted octanol–water partition coefficient (Wildman–Crippen LogP) is 1.75. The Kier molecular flexibility index (Phi) is 5.09. The molecule has 0 aromatic rings. The molecule has 1 rings (SSSR count). The van der Waals surface area contributed by atoms with Crippen LogP contribution in [-0.4, -0.2) is 35.8 Å². The highest BCUT2D eigenvalue weighted by atomic mass is 16.5. The van der Waals surface area contributed by atoms with Gasteiger partial charge in [-0.1, -0.05) is 20.8 Å². The smallest absolute Gasteiger partial charge is 0.318 e. The third kappa shape index (κ3) is 4.33. The maximum Gasteiger partial charge on any atom is 0.318 e. The summed E-state index contributed by atoms with van der Waals surface area (Å²) in [5.41, 5.74) is 0.0545. The first-order chi connectivity index (χ1) is 8.76. The molecule has 5 heteroatoms. The second-order valence-corrected chi connectivity index (χ2v) is 6.04. The molecule has 1 aliphatic heterocycles. The first-order valence-electron chi connectivity index (χ1n) is 6.77. The number of imide groups is 1. The summed E-state index contributed by atoms with van der Waals surface area (Å²) in [5, 5.41) is 0. The van der Waals surface area contributed by atoms with E-state index in [0.29, 0.717) is 19.4 Å². The van der Waals surface area contributed by atoms with Gasteiger partial charge in [0.25, 0.3) is 0 Å². The summed E-state index contributed by atoms with van der Waals surface area (Å²) in [6, 6.07) is 0. The summed E-state index contributed by atoms with van der Waals surface area (Å²) < 4.78 is 4.84. The summed E-state index contributed by atoms with van der Waals surface area (Å²) in [6.45, 7) is 8.42. The lowest BCUT2D eigenvalue weighted by Gasteiger charge is -2.20. The van der Waals surface area contributed by atoms with Crippen molar-refractivity contribution >= 4 is 17.8 Å². The average molecular weight is 269 g/mol. The topological polar surface area (TPSA) is 63.7 Å². The van der Waals surface area contributed by atoms with Crippen molar-refractivity contribution in [1.82, 2.24) is 4.90 Å². The second kappa shape index (κ2) is 6.17. The molecule has 0 bridgehead atoms. The van der Waals surface area contributed by atoms with Crippen LogP contribution in [0.25, 0.3) is 0 Å². The van der Waals surface area contributed by atoms with E-state index in [1.165, 1.54) is 4.90 Å². The zero-order valence-electron chi connectivity index (χ0n) is 12.2. The molecule has 2 amide bonds. The SMILES string of the molecule is CCOC(=O)C1CCN(C(=O)CCC(C)(C)C)C1=O. The molecule has 5 nitrogen and oxygen atoms in total. The van der Waals surface area contributed by atoms with Gasteiger partial charge in [0.15, 0.2) is 0 Å². The summed E-state index contributed by atoms with van der Waals surface area (Å²) in [7, 11) is 0. The standard InChI is InChI=1S/C14H23NO4/c1-5-19-13(18)10-7-9-15(12(10)17)11(16)6-8-14(2,3)4/h10H,5-9H2,1-4H3. The summed E-state index contributed by atoms with van der Waals surface area (Å²) >= 11 is 0. The molecule has 0 aromatic carbocycles. The fourth-order valence-corrected chi connectivity index (χ4v) is 2.01. The minimum atomic E-state index is -0.793. The number of esters is 1. The van der Waals surface area contributed by atoms with Crippen LogP contribution in [0.15, 0.2) is 0 Å². The molecule has 0 aliphatic carbocycles. The van der Waals surface area contributed by atoms with Gasteiger partial charge in [-0.2, -0.15) is 0 Å². The van der Waals surface area contributed by atoms with Gasteiger partial charge in [0.05, 0.1) is 6.61 Å². The number of nitrogens with zero attached hydrogens (tertiary/aromatic N) is 1. The molecule has 0 spiro atoms. The van der Waals surface area contributed by atoms with Gasteiger partial charge >= 0.3 is 5.97 Å². The zero-order valence-corrected chi connectivity index (χ0v) is 12.2. The van der Waals surface area contributed by atoms with Gasteiger partial charge < -0.3 is 4.74 Å². The summed E-state index contributed by atoms with van der Waals surface area (Å²) in [6.07, 6.45) is 1.43. The molecular formula is C14H23NO4. The van der Waals surface area contributed by atoms with Crippen molar-refractivity contribution in [2.75, 3.05) is 13.2 Å². The van der Waals surface area contributed by atoms with E-state index in [1.807, 2.05) is 20.8 Å². The normalized spacial score (nSPS) is 19.7. The van der Waals surface area contributed by atoms with Crippen molar-refractivity contribution in [2.45, 2.75) is 47.0 Å². The highest BCUT2D eigenvalue weighted by molar-refractivity contribution is 6.06. The van der Waals surface area contributed by atoms with Crippen LogP contribution in [0.3, 0.4) is 0 Å². The Hall–Kier alpha value is -1.39. The minimum Gasteiger partial charge on any atom is -0.465 e. The van der Waals surface area contributed by atoms with Crippen molar-refractivity contribution < 1.29 is 19.1 Å². The van der Waals surface area contributed by atoms with Crippen LogP contribution in [0.5, 0.6) is 0 Å². The monoisotopic (exact) mass is 269 g/mol. The van der Waals surface area contributed by atoms with Gasteiger partial charge in [-0.3, -0.25) is 19.3 Å². The lowest BCUT2D eigenvalue weighted by molar-refractivity contribution is -0.153. The number of carbonyl (C=O) groups is 3. The summed E-state index contributed by atoms with van der Waals surface area (Å²) in [4.78, 5) is 36.7. The third-order valence-electron chi connectivity index (χ3n) is 3.17. The minimum absolute atomic E-state index is 0.0545. The fraction of sp³-hybridized carbons (Fsp3) is 0.786. The molecule has 0 radical (unpaired) electrons.